The second-order valence-electron chi connectivity index (χ2n) is 8.62. The van der Waals surface area contributed by atoms with Crippen molar-refractivity contribution in [2.24, 2.45) is 17.6 Å². The molecule has 22 heavy (non-hydrogen) atoms. The van der Waals surface area contributed by atoms with E-state index in [4.69, 9.17) is 10.5 Å². The molecule has 2 fully saturated rings. The second kappa shape index (κ2) is 5.68. The smallest absolute Gasteiger partial charge is 0.410 e. The predicted octanol–water partition coefficient (Wildman–Crippen LogP) is 2.51. The van der Waals surface area contributed by atoms with Gasteiger partial charge in [0, 0.05) is 13.1 Å². The number of ether oxygens (including phenoxy) is 1. The molecule has 0 spiro atoms. The predicted molar refractivity (Wildman–Crippen MR) is 86.5 cm³/mol. The van der Waals surface area contributed by atoms with Gasteiger partial charge in [-0.2, -0.15) is 0 Å². The van der Waals surface area contributed by atoms with Crippen LogP contribution in [0.2, 0.25) is 0 Å². The van der Waals surface area contributed by atoms with Crippen LogP contribution in [0.5, 0.6) is 0 Å². The molecular formula is C17H32N2O3. The zero-order valence-corrected chi connectivity index (χ0v) is 14.7. The molecule has 2 atom stereocenters. The van der Waals surface area contributed by atoms with Crippen LogP contribution in [0.25, 0.3) is 0 Å². The molecule has 0 radical (unpaired) electrons. The summed E-state index contributed by atoms with van der Waals surface area (Å²) in [6.07, 6.45) is 3.29. The van der Waals surface area contributed by atoms with Crippen LogP contribution in [0.15, 0.2) is 0 Å². The van der Waals surface area contributed by atoms with Crippen molar-refractivity contribution in [3.63, 3.8) is 0 Å². The Balaban J connectivity index is 1.97. The summed E-state index contributed by atoms with van der Waals surface area (Å²) in [5, 5.41) is 11.1. The maximum Gasteiger partial charge on any atom is 0.410 e. The van der Waals surface area contributed by atoms with Gasteiger partial charge < -0.3 is 20.5 Å². The van der Waals surface area contributed by atoms with Crippen LogP contribution < -0.4 is 5.73 Å². The molecule has 1 aliphatic carbocycles. The van der Waals surface area contributed by atoms with Crippen LogP contribution in [0.1, 0.15) is 60.3 Å². The lowest BCUT2D eigenvalue weighted by Gasteiger charge is -2.58. The summed E-state index contributed by atoms with van der Waals surface area (Å²) < 4.78 is 5.36. The van der Waals surface area contributed by atoms with Gasteiger partial charge in [-0.25, -0.2) is 4.79 Å². The number of likely N-dealkylation sites (tertiary alicyclic amines) is 1. The van der Waals surface area contributed by atoms with Crippen molar-refractivity contribution in [3.05, 3.63) is 0 Å². The molecule has 128 valence electrons. The fourth-order valence-electron chi connectivity index (χ4n) is 3.70. The molecule has 0 aromatic heterocycles. The van der Waals surface area contributed by atoms with Crippen molar-refractivity contribution in [2.45, 2.75) is 77.0 Å². The molecule has 2 rings (SSSR count). The van der Waals surface area contributed by atoms with Gasteiger partial charge >= 0.3 is 6.09 Å². The van der Waals surface area contributed by atoms with Crippen LogP contribution in [0.4, 0.5) is 4.79 Å². The van der Waals surface area contributed by atoms with Crippen LogP contribution in [-0.4, -0.2) is 45.9 Å². The topological polar surface area (TPSA) is 75.8 Å². The van der Waals surface area contributed by atoms with Gasteiger partial charge in [-0.3, -0.25) is 0 Å². The number of rotatable bonds is 2. The first kappa shape index (κ1) is 17.5. The van der Waals surface area contributed by atoms with E-state index in [0.29, 0.717) is 24.9 Å². The number of amides is 1. The Hall–Kier alpha value is -0.810. The van der Waals surface area contributed by atoms with Crippen LogP contribution in [0, 0.1) is 11.8 Å². The van der Waals surface area contributed by atoms with Crippen LogP contribution in [-0.2, 0) is 4.74 Å². The standard InChI is InChI=1S/C17H32N2O3/c1-12(2)13-7-6-8-17(21,9-13)16(18)10-19(11-16)14(20)22-15(3,4)5/h12-13,21H,6-11,18H2,1-5H3. The lowest BCUT2D eigenvalue weighted by Crippen LogP contribution is -2.79. The zero-order valence-electron chi connectivity index (χ0n) is 14.7. The Morgan fingerprint density at radius 2 is 1.95 bits per heavy atom. The summed E-state index contributed by atoms with van der Waals surface area (Å²) in [6, 6.07) is 0. The summed E-state index contributed by atoms with van der Waals surface area (Å²) in [5.74, 6) is 1.06. The van der Waals surface area contributed by atoms with E-state index in [1.54, 1.807) is 4.90 Å². The Bertz CT molecular complexity index is 424. The Morgan fingerprint density at radius 3 is 2.45 bits per heavy atom. The summed E-state index contributed by atoms with van der Waals surface area (Å²) in [7, 11) is 0. The van der Waals surface area contributed by atoms with Gasteiger partial charge in [0.25, 0.3) is 0 Å². The normalized spacial score (nSPS) is 31.8. The van der Waals surface area contributed by atoms with E-state index in [0.717, 1.165) is 25.7 Å². The van der Waals surface area contributed by atoms with E-state index in [9.17, 15) is 9.90 Å². The molecule has 0 aromatic carbocycles. The van der Waals surface area contributed by atoms with E-state index in [1.807, 2.05) is 20.8 Å². The maximum atomic E-state index is 12.1. The first-order valence-electron chi connectivity index (χ1n) is 8.45. The van der Waals surface area contributed by atoms with Crippen molar-refractivity contribution in [1.82, 2.24) is 4.90 Å². The second-order valence-corrected chi connectivity index (χ2v) is 8.62. The monoisotopic (exact) mass is 312 g/mol. The third kappa shape index (κ3) is 3.40. The highest BCUT2D eigenvalue weighted by molar-refractivity contribution is 5.70. The molecule has 1 saturated carbocycles. The highest BCUT2D eigenvalue weighted by atomic mass is 16.6. The molecule has 3 N–H and O–H groups in total. The Morgan fingerprint density at radius 1 is 1.36 bits per heavy atom. The van der Waals surface area contributed by atoms with Gasteiger partial charge in [0.05, 0.1) is 11.1 Å². The van der Waals surface area contributed by atoms with Gasteiger partial charge in [0.2, 0.25) is 0 Å². The number of nitrogens with zero attached hydrogens (tertiary/aromatic N) is 1. The van der Waals surface area contributed by atoms with Crippen molar-refractivity contribution in [3.8, 4) is 0 Å². The summed E-state index contributed by atoms with van der Waals surface area (Å²) in [6.45, 7) is 10.7. The van der Waals surface area contributed by atoms with E-state index in [2.05, 4.69) is 13.8 Å². The Kier molecular flexibility index (Phi) is 4.53. The molecule has 1 heterocycles. The number of carbonyl (C=O) groups excluding carboxylic acids is 1. The van der Waals surface area contributed by atoms with E-state index < -0.39 is 16.7 Å². The lowest BCUT2D eigenvalue weighted by atomic mass is 9.63. The molecule has 5 nitrogen and oxygen atoms in total. The first-order valence-corrected chi connectivity index (χ1v) is 8.45. The summed E-state index contributed by atoms with van der Waals surface area (Å²) >= 11 is 0. The maximum absolute atomic E-state index is 12.1. The lowest BCUT2D eigenvalue weighted by molar-refractivity contribution is -0.134. The minimum atomic E-state index is -0.862. The SMILES string of the molecule is CC(C)C1CCCC(O)(C2(N)CN(C(=O)OC(C)(C)C)C2)C1. The third-order valence-corrected chi connectivity index (χ3v) is 5.23. The molecule has 2 aliphatic rings. The quantitative estimate of drug-likeness (QED) is 0.821. The number of carbonyl (C=O) groups is 1. The first-order chi connectivity index (χ1) is 9.96. The van der Waals surface area contributed by atoms with E-state index in [1.165, 1.54) is 0 Å². The van der Waals surface area contributed by atoms with Crippen molar-refractivity contribution >= 4 is 6.09 Å². The van der Waals surface area contributed by atoms with Gasteiger partial charge in [0.15, 0.2) is 0 Å². The number of hydrogen-bond acceptors (Lipinski definition) is 4. The molecule has 0 aromatic rings. The van der Waals surface area contributed by atoms with Crippen LogP contribution >= 0.6 is 0 Å². The fourth-order valence-corrected chi connectivity index (χ4v) is 3.70. The highest BCUT2D eigenvalue weighted by Crippen LogP contribution is 2.44. The number of aliphatic hydroxyl groups is 1. The molecule has 1 aliphatic heterocycles. The van der Waals surface area contributed by atoms with Gasteiger partial charge in [-0.15, -0.1) is 0 Å². The molecular weight excluding hydrogens is 280 g/mol. The third-order valence-electron chi connectivity index (χ3n) is 5.23. The number of nitrogens with two attached hydrogens (primary N) is 1. The minimum absolute atomic E-state index is 0.339. The average molecular weight is 312 g/mol. The molecule has 5 heteroatoms. The van der Waals surface area contributed by atoms with Crippen molar-refractivity contribution in [2.75, 3.05) is 13.1 Å². The van der Waals surface area contributed by atoms with E-state index in [-0.39, 0.29) is 6.09 Å². The largest absolute Gasteiger partial charge is 0.444 e. The highest BCUT2D eigenvalue weighted by Gasteiger charge is 2.58. The Labute approximate surface area is 134 Å². The fraction of sp³-hybridized carbons (Fsp3) is 0.941. The molecule has 1 saturated heterocycles. The molecule has 0 bridgehead atoms. The van der Waals surface area contributed by atoms with Crippen molar-refractivity contribution < 1.29 is 14.6 Å². The van der Waals surface area contributed by atoms with E-state index >= 15 is 0 Å². The number of hydrogen-bond donors (Lipinski definition) is 2. The van der Waals surface area contributed by atoms with Crippen molar-refractivity contribution in [1.29, 1.82) is 0 Å². The van der Waals surface area contributed by atoms with Gasteiger partial charge in [-0.1, -0.05) is 20.3 Å². The van der Waals surface area contributed by atoms with Crippen LogP contribution in [0.3, 0.4) is 0 Å². The minimum Gasteiger partial charge on any atom is -0.444 e. The molecule has 1 amide bonds. The zero-order chi connectivity index (χ0) is 16.8. The van der Waals surface area contributed by atoms with Gasteiger partial charge in [0.1, 0.15) is 5.60 Å². The summed E-state index contributed by atoms with van der Waals surface area (Å²) in [4.78, 5) is 13.7. The average Bonchev–Trinajstić information content (AvgIpc) is 2.32. The van der Waals surface area contributed by atoms with Gasteiger partial charge in [-0.05, 0) is 51.9 Å². The molecule has 2 unspecified atom stereocenters. The summed E-state index contributed by atoms with van der Waals surface area (Å²) in [5.41, 5.74) is 4.40.